The van der Waals surface area contributed by atoms with Crippen molar-refractivity contribution in [3.05, 3.63) is 193 Å². The average Bonchev–Trinajstić information content (AvgIpc) is 3.61. The molecule has 0 amide bonds. The van der Waals surface area contributed by atoms with Gasteiger partial charge in [-0.05, 0) is 67.6 Å². The van der Waals surface area contributed by atoms with Crippen LogP contribution in [0.5, 0.6) is 0 Å². The number of hydrogen-bond donors (Lipinski definition) is 2. The van der Waals surface area contributed by atoms with E-state index in [1.54, 1.807) is 0 Å². The SMILES string of the molecule is c1ccc(-c2ccc(-c3ccccc3C3N=C(c4ccc5ccc6ccccc6c5c4)NC(c4ccccc4)N3)c3c2oc2ccccc23)cc1. The molecule has 1 aromatic heterocycles. The highest BCUT2D eigenvalue weighted by molar-refractivity contribution is 6.16. The molecule has 0 radical (unpaired) electrons. The molecule has 9 aromatic rings. The number of benzene rings is 8. The summed E-state index contributed by atoms with van der Waals surface area (Å²) in [6.45, 7) is 0. The van der Waals surface area contributed by atoms with Gasteiger partial charge >= 0.3 is 0 Å². The molecule has 2 unspecified atom stereocenters. The van der Waals surface area contributed by atoms with E-state index in [1.165, 1.54) is 21.5 Å². The summed E-state index contributed by atoms with van der Waals surface area (Å²) in [7, 11) is 0. The van der Waals surface area contributed by atoms with Crippen LogP contribution in [0.2, 0.25) is 0 Å². The van der Waals surface area contributed by atoms with Crippen LogP contribution in [0.15, 0.2) is 185 Å². The fourth-order valence-electron chi connectivity index (χ4n) is 7.71. The normalized spacial score (nSPS) is 16.0. The molecule has 4 heteroatoms. The van der Waals surface area contributed by atoms with Gasteiger partial charge in [0.1, 0.15) is 29.3 Å². The number of amidine groups is 1. The number of hydrogen-bond acceptors (Lipinski definition) is 4. The van der Waals surface area contributed by atoms with E-state index in [0.29, 0.717) is 0 Å². The molecule has 242 valence electrons. The number of fused-ring (bicyclic) bond motifs is 6. The fourth-order valence-corrected chi connectivity index (χ4v) is 7.71. The summed E-state index contributed by atoms with van der Waals surface area (Å²) >= 11 is 0. The highest BCUT2D eigenvalue weighted by atomic mass is 16.3. The third-order valence-electron chi connectivity index (χ3n) is 10.2. The number of aliphatic imine (C=N–C) groups is 1. The topological polar surface area (TPSA) is 49.6 Å². The Morgan fingerprint density at radius 2 is 1.16 bits per heavy atom. The van der Waals surface area contributed by atoms with E-state index in [0.717, 1.165) is 66.7 Å². The van der Waals surface area contributed by atoms with Crippen molar-refractivity contribution >= 4 is 49.3 Å². The number of nitrogens with one attached hydrogen (secondary N) is 2. The molecule has 4 nitrogen and oxygen atoms in total. The molecule has 2 heterocycles. The molecule has 8 aromatic carbocycles. The molecule has 0 bridgehead atoms. The lowest BCUT2D eigenvalue weighted by molar-refractivity contribution is 0.409. The van der Waals surface area contributed by atoms with Crippen molar-refractivity contribution in [3.8, 4) is 22.3 Å². The van der Waals surface area contributed by atoms with Gasteiger partial charge < -0.3 is 9.73 Å². The van der Waals surface area contributed by atoms with Gasteiger partial charge in [-0.3, -0.25) is 5.32 Å². The van der Waals surface area contributed by atoms with E-state index in [4.69, 9.17) is 9.41 Å². The van der Waals surface area contributed by atoms with Gasteiger partial charge in [-0.25, -0.2) is 4.99 Å². The summed E-state index contributed by atoms with van der Waals surface area (Å²) < 4.78 is 6.65. The summed E-state index contributed by atoms with van der Waals surface area (Å²) in [5, 5.41) is 14.7. The van der Waals surface area contributed by atoms with Gasteiger partial charge in [0.15, 0.2) is 0 Å². The first-order valence-electron chi connectivity index (χ1n) is 17.4. The summed E-state index contributed by atoms with van der Waals surface area (Å²) in [6, 6.07) is 62.1. The Morgan fingerprint density at radius 3 is 2.02 bits per heavy atom. The van der Waals surface area contributed by atoms with Gasteiger partial charge in [0.05, 0.1) is 0 Å². The second-order valence-corrected chi connectivity index (χ2v) is 13.2. The standard InChI is InChI=1S/C47H33N3O/c1-3-13-30(14-4-1)36-27-28-38(43-40-21-11-12-22-42(40)51-44(36)43)37-19-9-10-20-39(37)47-49-45(33-16-5-2-6-17-33)48-46(50-47)34-26-25-32-24-23-31-15-7-8-18-35(31)41(32)29-34/h1-29,45,47,49H,(H,48,50). The smallest absolute Gasteiger partial charge is 0.143 e. The lowest BCUT2D eigenvalue weighted by Crippen LogP contribution is -2.45. The Morgan fingerprint density at radius 1 is 0.490 bits per heavy atom. The van der Waals surface area contributed by atoms with Crippen molar-refractivity contribution in [2.24, 2.45) is 4.99 Å². The first-order valence-corrected chi connectivity index (χ1v) is 17.4. The van der Waals surface area contributed by atoms with Crippen molar-refractivity contribution in [2.45, 2.75) is 12.3 Å². The van der Waals surface area contributed by atoms with Gasteiger partial charge in [-0.2, -0.15) is 0 Å². The predicted octanol–water partition coefficient (Wildman–Crippen LogP) is 11.6. The monoisotopic (exact) mass is 655 g/mol. The van der Waals surface area contributed by atoms with Gasteiger partial charge in [0.25, 0.3) is 0 Å². The number of rotatable bonds is 5. The fraction of sp³-hybridized carbons (Fsp3) is 0.0426. The molecule has 2 N–H and O–H groups in total. The van der Waals surface area contributed by atoms with Crippen LogP contribution in [0.1, 0.15) is 29.0 Å². The van der Waals surface area contributed by atoms with Crippen molar-refractivity contribution in [3.63, 3.8) is 0 Å². The van der Waals surface area contributed by atoms with E-state index in [-0.39, 0.29) is 12.3 Å². The maximum absolute atomic E-state index is 6.65. The highest BCUT2D eigenvalue weighted by Crippen LogP contribution is 2.44. The summed E-state index contributed by atoms with van der Waals surface area (Å²) in [5.41, 5.74) is 9.52. The van der Waals surface area contributed by atoms with E-state index in [9.17, 15) is 0 Å². The van der Waals surface area contributed by atoms with E-state index >= 15 is 0 Å². The molecular weight excluding hydrogens is 623 g/mol. The molecule has 2 atom stereocenters. The first kappa shape index (κ1) is 29.4. The molecule has 0 spiro atoms. The Labute approximate surface area is 295 Å². The van der Waals surface area contributed by atoms with Crippen molar-refractivity contribution < 1.29 is 4.42 Å². The minimum Gasteiger partial charge on any atom is -0.455 e. The van der Waals surface area contributed by atoms with E-state index in [2.05, 4.69) is 174 Å². The Hall–Kier alpha value is -6.49. The Kier molecular flexibility index (Phi) is 7.00. The minimum absolute atomic E-state index is 0.157. The van der Waals surface area contributed by atoms with Crippen LogP contribution in [0.4, 0.5) is 0 Å². The maximum atomic E-state index is 6.65. The number of nitrogens with zero attached hydrogens (tertiary/aromatic N) is 1. The molecule has 0 saturated carbocycles. The minimum atomic E-state index is -0.326. The van der Waals surface area contributed by atoms with E-state index in [1.807, 2.05) is 12.1 Å². The Balaban J connectivity index is 1.16. The molecule has 0 saturated heterocycles. The van der Waals surface area contributed by atoms with Crippen LogP contribution in [0.25, 0.3) is 65.7 Å². The zero-order valence-corrected chi connectivity index (χ0v) is 27.8. The van der Waals surface area contributed by atoms with E-state index < -0.39 is 0 Å². The van der Waals surface area contributed by atoms with Crippen LogP contribution in [0.3, 0.4) is 0 Å². The van der Waals surface area contributed by atoms with Crippen LogP contribution in [-0.2, 0) is 0 Å². The van der Waals surface area contributed by atoms with Gasteiger partial charge in [0.2, 0.25) is 0 Å². The zero-order valence-electron chi connectivity index (χ0n) is 27.8. The first-order chi connectivity index (χ1) is 25.3. The van der Waals surface area contributed by atoms with Crippen molar-refractivity contribution in [1.29, 1.82) is 0 Å². The third-order valence-corrected chi connectivity index (χ3v) is 10.2. The largest absolute Gasteiger partial charge is 0.455 e. The molecular formula is C47H33N3O. The number of para-hydroxylation sites is 1. The number of furan rings is 1. The lowest BCUT2D eigenvalue weighted by Gasteiger charge is -2.33. The van der Waals surface area contributed by atoms with Crippen LogP contribution >= 0.6 is 0 Å². The maximum Gasteiger partial charge on any atom is 0.143 e. The van der Waals surface area contributed by atoms with Crippen LogP contribution in [-0.4, -0.2) is 5.84 Å². The molecule has 0 aliphatic carbocycles. The van der Waals surface area contributed by atoms with Crippen molar-refractivity contribution in [1.82, 2.24) is 10.6 Å². The molecule has 0 fully saturated rings. The van der Waals surface area contributed by atoms with Crippen LogP contribution in [0, 0.1) is 0 Å². The third kappa shape index (κ3) is 5.08. The highest BCUT2D eigenvalue weighted by Gasteiger charge is 2.28. The summed E-state index contributed by atoms with van der Waals surface area (Å²) in [4.78, 5) is 5.44. The molecule has 1 aliphatic heterocycles. The van der Waals surface area contributed by atoms with Gasteiger partial charge in [-0.15, -0.1) is 0 Å². The van der Waals surface area contributed by atoms with Crippen LogP contribution < -0.4 is 10.6 Å². The lowest BCUT2D eigenvalue weighted by atomic mass is 9.91. The second kappa shape index (κ2) is 12.1. The van der Waals surface area contributed by atoms with Gasteiger partial charge in [0, 0.05) is 21.9 Å². The summed E-state index contributed by atoms with van der Waals surface area (Å²) in [5.74, 6) is 0.857. The second-order valence-electron chi connectivity index (χ2n) is 13.2. The molecule has 1 aliphatic rings. The quantitative estimate of drug-likeness (QED) is 0.181. The Bertz CT molecular complexity index is 2770. The van der Waals surface area contributed by atoms with Crippen molar-refractivity contribution in [2.75, 3.05) is 0 Å². The average molecular weight is 656 g/mol. The molecule has 10 rings (SSSR count). The van der Waals surface area contributed by atoms with Gasteiger partial charge in [-0.1, -0.05) is 158 Å². The zero-order chi connectivity index (χ0) is 33.7. The predicted molar refractivity (Wildman–Crippen MR) is 211 cm³/mol. The molecule has 51 heavy (non-hydrogen) atoms. The summed E-state index contributed by atoms with van der Waals surface area (Å²) in [6.07, 6.45) is -0.483.